The zero-order chi connectivity index (χ0) is 12.4. The summed E-state index contributed by atoms with van der Waals surface area (Å²) in [6.07, 6.45) is 0. The van der Waals surface area contributed by atoms with Gasteiger partial charge in [0.05, 0.1) is 5.69 Å². The van der Waals surface area contributed by atoms with Crippen molar-refractivity contribution >= 4 is 38.9 Å². The Kier molecular flexibility index (Phi) is 3.59. The van der Waals surface area contributed by atoms with Crippen molar-refractivity contribution in [2.24, 2.45) is 0 Å². The maximum atomic E-state index is 13.5. The number of para-hydroxylation sites is 1. The predicted octanol–water partition coefficient (Wildman–Crippen LogP) is 4.21. The molecule has 1 N–H and O–H groups in total. The lowest BCUT2D eigenvalue weighted by molar-refractivity contribution is 0.102. The highest BCUT2D eigenvalue weighted by molar-refractivity contribution is 9.10. The van der Waals surface area contributed by atoms with Crippen molar-refractivity contribution in [1.82, 2.24) is 0 Å². The first-order valence-electron chi connectivity index (χ1n) is 4.89. The van der Waals surface area contributed by atoms with Gasteiger partial charge in [-0.05, 0) is 45.9 Å². The van der Waals surface area contributed by atoms with Gasteiger partial charge in [0.25, 0.3) is 5.91 Å². The molecule has 5 heteroatoms. The van der Waals surface area contributed by atoms with Crippen LogP contribution in [-0.4, -0.2) is 5.91 Å². The molecule has 1 amide bonds. The quantitative estimate of drug-likeness (QED) is 0.884. The summed E-state index contributed by atoms with van der Waals surface area (Å²) in [5, 5.41) is 4.39. The summed E-state index contributed by atoms with van der Waals surface area (Å²) in [5.74, 6) is -0.730. The van der Waals surface area contributed by atoms with Gasteiger partial charge in [0, 0.05) is 4.47 Å². The van der Waals surface area contributed by atoms with E-state index in [4.69, 9.17) is 0 Å². The molecule has 1 heterocycles. The molecule has 0 aliphatic rings. The van der Waals surface area contributed by atoms with E-state index in [9.17, 15) is 9.18 Å². The van der Waals surface area contributed by atoms with Gasteiger partial charge in [0.15, 0.2) is 0 Å². The second-order valence-electron chi connectivity index (χ2n) is 3.48. The number of thiophene rings is 1. The molecule has 88 valence electrons. The second kappa shape index (κ2) is 4.98. The Balaban J connectivity index is 2.28. The molecule has 17 heavy (non-hydrogen) atoms. The summed E-state index contributed by atoms with van der Waals surface area (Å²) in [4.78, 5) is 12.4. The maximum Gasteiger partial charge on any atom is 0.266 e. The van der Waals surface area contributed by atoms with E-state index in [1.165, 1.54) is 17.4 Å². The van der Waals surface area contributed by atoms with Gasteiger partial charge in [0.2, 0.25) is 0 Å². The number of amides is 1. The Morgan fingerprint density at radius 1 is 1.41 bits per heavy atom. The third-order valence-electron chi connectivity index (χ3n) is 2.28. The normalized spacial score (nSPS) is 10.3. The number of rotatable bonds is 2. The zero-order valence-corrected chi connectivity index (χ0v) is 11.4. The molecule has 0 saturated heterocycles. The van der Waals surface area contributed by atoms with Crippen molar-refractivity contribution < 1.29 is 9.18 Å². The van der Waals surface area contributed by atoms with Crippen LogP contribution in [0.5, 0.6) is 0 Å². The van der Waals surface area contributed by atoms with Gasteiger partial charge >= 0.3 is 0 Å². The smallest absolute Gasteiger partial charge is 0.266 e. The molecular formula is C12H9BrFNOS. The SMILES string of the molecule is Cc1cccc(F)c1NC(=O)c1sccc1Br. The summed E-state index contributed by atoms with van der Waals surface area (Å²) in [6, 6.07) is 6.48. The van der Waals surface area contributed by atoms with E-state index < -0.39 is 5.82 Å². The third-order valence-corrected chi connectivity index (χ3v) is 4.12. The van der Waals surface area contributed by atoms with Crippen LogP contribution in [0.3, 0.4) is 0 Å². The Morgan fingerprint density at radius 2 is 2.18 bits per heavy atom. The number of halogens is 2. The molecule has 0 unspecified atom stereocenters. The summed E-state index contributed by atoms with van der Waals surface area (Å²) in [7, 11) is 0. The number of benzene rings is 1. The molecule has 0 bridgehead atoms. The van der Waals surface area contributed by atoms with Crippen LogP contribution >= 0.6 is 27.3 Å². The first kappa shape index (κ1) is 12.3. The molecule has 2 rings (SSSR count). The standard InChI is InChI=1S/C12H9BrFNOS/c1-7-3-2-4-9(14)10(7)15-12(16)11-8(13)5-6-17-11/h2-6H,1H3,(H,15,16). The molecule has 0 radical (unpaired) electrons. The highest BCUT2D eigenvalue weighted by Crippen LogP contribution is 2.25. The van der Waals surface area contributed by atoms with E-state index >= 15 is 0 Å². The fourth-order valence-corrected chi connectivity index (χ4v) is 2.86. The van der Waals surface area contributed by atoms with Crippen molar-refractivity contribution in [3.8, 4) is 0 Å². The van der Waals surface area contributed by atoms with Crippen LogP contribution in [-0.2, 0) is 0 Å². The fourth-order valence-electron chi connectivity index (χ4n) is 1.42. The lowest BCUT2D eigenvalue weighted by atomic mass is 10.2. The molecule has 1 aromatic carbocycles. The summed E-state index contributed by atoms with van der Waals surface area (Å²) in [6.45, 7) is 1.75. The topological polar surface area (TPSA) is 29.1 Å². The molecule has 0 saturated carbocycles. The lowest BCUT2D eigenvalue weighted by Gasteiger charge is -2.08. The predicted molar refractivity (Wildman–Crippen MR) is 71.1 cm³/mol. The summed E-state index contributed by atoms with van der Waals surface area (Å²) in [5.41, 5.74) is 0.934. The minimum Gasteiger partial charge on any atom is -0.318 e. The van der Waals surface area contributed by atoms with E-state index in [1.807, 2.05) is 0 Å². The Bertz CT molecular complexity index is 547. The summed E-state index contributed by atoms with van der Waals surface area (Å²) >= 11 is 4.58. The number of aryl methyl sites for hydroxylation is 1. The van der Waals surface area contributed by atoms with Crippen molar-refractivity contribution in [1.29, 1.82) is 0 Å². The first-order chi connectivity index (χ1) is 8.09. The molecule has 0 fully saturated rings. The fraction of sp³-hybridized carbons (Fsp3) is 0.0833. The van der Waals surface area contributed by atoms with Crippen molar-refractivity contribution in [3.05, 3.63) is 50.4 Å². The number of hydrogen-bond donors (Lipinski definition) is 1. The van der Waals surface area contributed by atoms with Crippen molar-refractivity contribution in [2.75, 3.05) is 5.32 Å². The van der Waals surface area contributed by atoms with Crippen molar-refractivity contribution in [3.63, 3.8) is 0 Å². The largest absolute Gasteiger partial charge is 0.318 e. The number of anilines is 1. The number of nitrogens with one attached hydrogen (secondary N) is 1. The maximum absolute atomic E-state index is 13.5. The van der Waals surface area contributed by atoms with Gasteiger partial charge in [-0.2, -0.15) is 0 Å². The lowest BCUT2D eigenvalue weighted by Crippen LogP contribution is -2.13. The van der Waals surface area contributed by atoms with Crippen molar-refractivity contribution in [2.45, 2.75) is 6.92 Å². The van der Waals surface area contributed by atoms with Crippen LogP contribution in [0.2, 0.25) is 0 Å². The van der Waals surface area contributed by atoms with Gasteiger partial charge in [-0.1, -0.05) is 12.1 Å². The molecule has 2 aromatic rings. The molecular weight excluding hydrogens is 305 g/mol. The highest BCUT2D eigenvalue weighted by atomic mass is 79.9. The van der Waals surface area contributed by atoms with Gasteiger partial charge in [-0.15, -0.1) is 11.3 Å². The second-order valence-corrected chi connectivity index (χ2v) is 5.25. The van der Waals surface area contributed by atoms with E-state index in [0.29, 0.717) is 14.9 Å². The zero-order valence-electron chi connectivity index (χ0n) is 8.96. The van der Waals surface area contributed by atoms with Gasteiger partial charge in [-0.25, -0.2) is 4.39 Å². The van der Waals surface area contributed by atoms with Gasteiger partial charge < -0.3 is 5.32 Å². The van der Waals surface area contributed by atoms with E-state index in [-0.39, 0.29) is 11.6 Å². The Hall–Kier alpha value is -1.20. The van der Waals surface area contributed by atoms with Gasteiger partial charge in [0.1, 0.15) is 10.7 Å². The Labute approximate surface area is 111 Å². The molecule has 0 atom stereocenters. The minimum atomic E-state index is -0.425. The molecule has 1 aromatic heterocycles. The Morgan fingerprint density at radius 3 is 2.76 bits per heavy atom. The first-order valence-corrected chi connectivity index (χ1v) is 6.56. The number of carbonyl (C=O) groups is 1. The van der Waals surface area contributed by atoms with Gasteiger partial charge in [-0.3, -0.25) is 4.79 Å². The average molecular weight is 314 g/mol. The molecule has 0 aliphatic carbocycles. The monoisotopic (exact) mass is 313 g/mol. The number of carbonyl (C=O) groups excluding carboxylic acids is 1. The number of hydrogen-bond acceptors (Lipinski definition) is 2. The average Bonchev–Trinajstić information content (AvgIpc) is 2.70. The molecule has 0 spiro atoms. The summed E-state index contributed by atoms with van der Waals surface area (Å²) < 4.78 is 14.2. The van der Waals surface area contributed by atoms with E-state index in [2.05, 4.69) is 21.2 Å². The third kappa shape index (κ3) is 2.56. The van der Waals surface area contributed by atoms with E-state index in [0.717, 1.165) is 0 Å². The molecule has 0 aliphatic heterocycles. The van der Waals surface area contributed by atoms with Crippen LogP contribution in [0.1, 0.15) is 15.2 Å². The van der Waals surface area contributed by atoms with E-state index in [1.54, 1.807) is 30.5 Å². The molecule has 2 nitrogen and oxygen atoms in total. The van der Waals surface area contributed by atoms with Crippen LogP contribution in [0.15, 0.2) is 34.1 Å². The highest BCUT2D eigenvalue weighted by Gasteiger charge is 2.14. The van der Waals surface area contributed by atoms with Crippen LogP contribution in [0.25, 0.3) is 0 Å². The van der Waals surface area contributed by atoms with Crippen LogP contribution in [0, 0.1) is 12.7 Å². The van der Waals surface area contributed by atoms with Crippen LogP contribution in [0.4, 0.5) is 10.1 Å². The van der Waals surface area contributed by atoms with Crippen LogP contribution < -0.4 is 5.32 Å². The minimum absolute atomic E-state index is 0.234.